The minimum absolute atomic E-state index is 0.244. The topological polar surface area (TPSA) is 77.5 Å². The van der Waals surface area contributed by atoms with Gasteiger partial charge in [-0.3, -0.25) is 19.2 Å². The highest BCUT2D eigenvalue weighted by Crippen LogP contribution is 2.67. The van der Waals surface area contributed by atoms with Crippen LogP contribution in [0.3, 0.4) is 0 Å². The average molecular weight is 499 g/mol. The Bertz CT molecular complexity index is 1610. The van der Waals surface area contributed by atoms with Crippen molar-refractivity contribution in [2.45, 2.75) is 24.5 Å². The number of ketones is 4. The molecule has 0 amide bonds. The van der Waals surface area contributed by atoms with E-state index in [9.17, 15) is 19.2 Å². The van der Waals surface area contributed by atoms with Crippen LogP contribution in [0.1, 0.15) is 70.1 Å². The predicted octanol–water partition coefficient (Wildman–Crippen LogP) is 5.73. The summed E-state index contributed by atoms with van der Waals surface area (Å²) in [6, 6.07) is 29.6. The smallest absolute Gasteiger partial charge is 0.204 e. The minimum Gasteiger partial charge on any atom is -0.348 e. The van der Waals surface area contributed by atoms with Gasteiger partial charge in [0.05, 0.1) is 5.92 Å². The molecule has 0 aromatic heterocycles. The van der Waals surface area contributed by atoms with Crippen LogP contribution in [0.5, 0.6) is 0 Å². The lowest BCUT2D eigenvalue weighted by atomic mass is 9.60. The van der Waals surface area contributed by atoms with Crippen molar-refractivity contribution in [3.63, 3.8) is 0 Å². The van der Waals surface area contributed by atoms with Crippen molar-refractivity contribution in [3.8, 4) is 0 Å². The average Bonchev–Trinajstić information content (AvgIpc) is 3.48. The van der Waals surface area contributed by atoms with Gasteiger partial charge in [-0.05, 0) is 18.1 Å². The molecule has 4 aromatic carbocycles. The molecular weight excluding hydrogens is 476 g/mol. The summed E-state index contributed by atoms with van der Waals surface area (Å²) in [5, 5.41) is 0. The Kier molecular flexibility index (Phi) is 4.64. The molecule has 184 valence electrons. The zero-order valence-corrected chi connectivity index (χ0v) is 20.5. The standard InChI is InChI=1S/C33H22O5/c1-19-15-17-21(18-16-19)31-32(27(34)22-11-5-6-12-23(22)28(32)35)26(20-9-3-2-4-10-20)33(38-31)29(36)24-13-7-8-14-25(24)30(33)37/h2-18,26,31H,1H3/t26-,31-/m0/s1. The lowest BCUT2D eigenvalue weighted by molar-refractivity contribution is -0.0210. The van der Waals surface area contributed by atoms with Gasteiger partial charge in [-0.15, -0.1) is 0 Å². The van der Waals surface area contributed by atoms with E-state index >= 15 is 0 Å². The molecule has 0 saturated carbocycles. The molecule has 1 aliphatic heterocycles. The third kappa shape index (κ3) is 2.59. The Morgan fingerprint density at radius 1 is 0.526 bits per heavy atom. The van der Waals surface area contributed by atoms with Crippen LogP contribution in [-0.2, 0) is 4.74 Å². The maximum Gasteiger partial charge on any atom is 0.204 e. The van der Waals surface area contributed by atoms with Crippen molar-refractivity contribution in [2.24, 2.45) is 5.41 Å². The summed E-state index contributed by atoms with van der Waals surface area (Å²) in [5.41, 5.74) is -0.754. The highest BCUT2D eigenvalue weighted by molar-refractivity contribution is 6.37. The van der Waals surface area contributed by atoms with Crippen molar-refractivity contribution in [1.82, 2.24) is 0 Å². The summed E-state index contributed by atoms with van der Waals surface area (Å²) in [4.78, 5) is 57.7. The molecule has 3 aliphatic rings. The summed E-state index contributed by atoms with van der Waals surface area (Å²) >= 11 is 0. The first-order valence-corrected chi connectivity index (χ1v) is 12.6. The van der Waals surface area contributed by atoms with Crippen LogP contribution >= 0.6 is 0 Å². The van der Waals surface area contributed by atoms with Gasteiger partial charge in [0, 0.05) is 22.3 Å². The van der Waals surface area contributed by atoms with Crippen molar-refractivity contribution in [2.75, 3.05) is 0 Å². The van der Waals surface area contributed by atoms with E-state index in [1.807, 2.05) is 37.3 Å². The molecule has 1 saturated heterocycles. The van der Waals surface area contributed by atoms with E-state index < -0.39 is 46.2 Å². The number of benzene rings is 4. The van der Waals surface area contributed by atoms with Gasteiger partial charge in [0.2, 0.25) is 17.2 Å². The van der Waals surface area contributed by atoms with Gasteiger partial charge < -0.3 is 4.74 Å². The molecule has 1 heterocycles. The molecule has 0 radical (unpaired) electrons. The molecule has 5 heteroatoms. The fourth-order valence-corrected chi connectivity index (χ4v) is 6.71. The molecule has 2 atom stereocenters. The molecule has 4 aromatic rings. The molecule has 0 bridgehead atoms. The third-order valence-electron chi connectivity index (χ3n) is 8.35. The molecule has 38 heavy (non-hydrogen) atoms. The van der Waals surface area contributed by atoms with Crippen LogP contribution in [0.4, 0.5) is 0 Å². The van der Waals surface area contributed by atoms with E-state index in [1.54, 1.807) is 72.8 Å². The first-order chi connectivity index (χ1) is 18.4. The quantitative estimate of drug-likeness (QED) is 0.330. The number of rotatable bonds is 2. The van der Waals surface area contributed by atoms with Gasteiger partial charge in [-0.25, -0.2) is 0 Å². The molecule has 0 unspecified atom stereocenters. The Morgan fingerprint density at radius 3 is 1.47 bits per heavy atom. The molecule has 0 N–H and O–H groups in total. The molecule has 5 nitrogen and oxygen atoms in total. The van der Waals surface area contributed by atoms with Crippen LogP contribution in [-0.4, -0.2) is 28.7 Å². The highest BCUT2D eigenvalue weighted by Gasteiger charge is 2.79. The van der Waals surface area contributed by atoms with Crippen LogP contribution < -0.4 is 0 Å². The van der Waals surface area contributed by atoms with E-state index in [-0.39, 0.29) is 22.3 Å². The summed E-state index contributed by atoms with van der Waals surface area (Å²) in [5.74, 6) is -3.05. The molecule has 2 aliphatic carbocycles. The number of ether oxygens (including phenoxy) is 1. The molecule has 7 rings (SSSR count). The molecule has 1 fully saturated rings. The largest absolute Gasteiger partial charge is 0.348 e. The van der Waals surface area contributed by atoms with Crippen molar-refractivity contribution in [1.29, 1.82) is 0 Å². The zero-order valence-electron chi connectivity index (χ0n) is 20.5. The number of fused-ring (bicyclic) bond motifs is 2. The Morgan fingerprint density at radius 2 is 0.974 bits per heavy atom. The van der Waals surface area contributed by atoms with Crippen LogP contribution in [0.25, 0.3) is 0 Å². The fourth-order valence-electron chi connectivity index (χ4n) is 6.71. The number of hydrogen-bond donors (Lipinski definition) is 0. The zero-order chi connectivity index (χ0) is 26.2. The SMILES string of the molecule is Cc1ccc([C@@H]2OC3(C(=O)c4ccccc4C3=O)[C@@H](c3ccccc3)C23C(=O)c2ccccc2C3=O)cc1. The maximum atomic E-state index is 14.6. The van der Waals surface area contributed by atoms with Gasteiger partial charge in [0.15, 0.2) is 11.6 Å². The highest BCUT2D eigenvalue weighted by atomic mass is 16.5. The predicted molar refractivity (Wildman–Crippen MR) is 140 cm³/mol. The Labute approximate surface area is 219 Å². The lowest BCUT2D eigenvalue weighted by Crippen LogP contribution is -2.51. The molecular formula is C33H22O5. The summed E-state index contributed by atoms with van der Waals surface area (Å²) < 4.78 is 6.68. The van der Waals surface area contributed by atoms with E-state index in [0.717, 1.165) is 5.56 Å². The fraction of sp³-hybridized carbons (Fsp3) is 0.152. The van der Waals surface area contributed by atoms with Gasteiger partial charge in [-0.1, -0.05) is 109 Å². The number of aryl methyl sites for hydroxylation is 1. The van der Waals surface area contributed by atoms with Gasteiger partial charge in [0.25, 0.3) is 0 Å². The monoisotopic (exact) mass is 498 g/mol. The second-order valence-electron chi connectivity index (χ2n) is 10.3. The van der Waals surface area contributed by atoms with E-state index in [1.165, 1.54) is 0 Å². The number of Topliss-reactive ketones (excluding diaryl/α,β-unsaturated/α-hetero) is 4. The number of carbonyl (C=O) groups is 4. The minimum atomic E-state index is -2.06. The Hall–Kier alpha value is -4.48. The summed E-state index contributed by atoms with van der Waals surface area (Å²) in [6.07, 6.45) is -1.15. The number of carbonyl (C=O) groups excluding carboxylic acids is 4. The lowest BCUT2D eigenvalue weighted by Gasteiger charge is -2.34. The van der Waals surface area contributed by atoms with Crippen molar-refractivity contribution in [3.05, 3.63) is 142 Å². The van der Waals surface area contributed by atoms with Crippen molar-refractivity contribution < 1.29 is 23.9 Å². The number of hydrogen-bond acceptors (Lipinski definition) is 5. The first-order valence-electron chi connectivity index (χ1n) is 12.6. The van der Waals surface area contributed by atoms with Gasteiger partial charge in [0.1, 0.15) is 11.5 Å². The molecule has 2 spiro atoms. The van der Waals surface area contributed by atoms with E-state index in [0.29, 0.717) is 11.1 Å². The van der Waals surface area contributed by atoms with Gasteiger partial charge in [-0.2, -0.15) is 0 Å². The maximum absolute atomic E-state index is 14.6. The second-order valence-corrected chi connectivity index (χ2v) is 10.3. The van der Waals surface area contributed by atoms with Crippen LogP contribution in [0.2, 0.25) is 0 Å². The van der Waals surface area contributed by atoms with E-state index in [4.69, 9.17) is 4.74 Å². The van der Waals surface area contributed by atoms with Crippen LogP contribution in [0.15, 0.2) is 103 Å². The third-order valence-corrected chi connectivity index (χ3v) is 8.35. The van der Waals surface area contributed by atoms with E-state index in [2.05, 4.69) is 0 Å². The first kappa shape index (κ1) is 22.7. The second kappa shape index (κ2) is 7.76. The normalized spacial score (nSPS) is 22.3. The Balaban J connectivity index is 1.59. The van der Waals surface area contributed by atoms with Gasteiger partial charge >= 0.3 is 0 Å². The van der Waals surface area contributed by atoms with Crippen molar-refractivity contribution >= 4 is 23.1 Å². The summed E-state index contributed by atoms with van der Waals surface area (Å²) in [6.45, 7) is 1.94. The van der Waals surface area contributed by atoms with Crippen LogP contribution in [0, 0.1) is 12.3 Å². The summed E-state index contributed by atoms with van der Waals surface area (Å²) in [7, 11) is 0.